The fourth-order valence-electron chi connectivity index (χ4n) is 2.22. The third-order valence-electron chi connectivity index (χ3n) is 3.48. The quantitative estimate of drug-likeness (QED) is 0.678. The third-order valence-corrected chi connectivity index (χ3v) is 3.48. The summed E-state index contributed by atoms with van der Waals surface area (Å²) in [6.45, 7) is 3.09. The van der Waals surface area contributed by atoms with Crippen LogP contribution in [0, 0.1) is 5.92 Å². The number of alkyl halides is 2. The zero-order valence-corrected chi connectivity index (χ0v) is 12.4. The summed E-state index contributed by atoms with van der Waals surface area (Å²) < 4.78 is 29.1. The van der Waals surface area contributed by atoms with Crippen LogP contribution in [0.1, 0.15) is 45.1 Å². The van der Waals surface area contributed by atoms with Gasteiger partial charge < -0.3 is 10.1 Å². The summed E-state index contributed by atoms with van der Waals surface area (Å²) in [6, 6.07) is 6.94. The van der Waals surface area contributed by atoms with Crippen LogP contribution in [0.25, 0.3) is 0 Å². The summed E-state index contributed by atoms with van der Waals surface area (Å²) in [5.74, 6) is 0.912. The lowest BCUT2D eigenvalue weighted by atomic mass is 9.99. The molecule has 0 aliphatic rings. The molecule has 0 radical (unpaired) electrons. The predicted octanol–water partition coefficient (Wildman–Crippen LogP) is 4.59. The average molecular weight is 285 g/mol. The SMILES string of the molecule is CCCCC(CC)CNCc1ccccc1OC(F)F. The van der Waals surface area contributed by atoms with Crippen molar-refractivity contribution in [2.75, 3.05) is 6.54 Å². The van der Waals surface area contributed by atoms with E-state index >= 15 is 0 Å². The molecule has 0 aromatic heterocycles. The number of hydrogen-bond acceptors (Lipinski definition) is 2. The number of benzene rings is 1. The summed E-state index contributed by atoms with van der Waals surface area (Å²) in [6.07, 6.45) is 4.81. The zero-order valence-electron chi connectivity index (χ0n) is 12.4. The molecule has 4 heteroatoms. The van der Waals surface area contributed by atoms with Crippen molar-refractivity contribution in [1.29, 1.82) is 0 Å². The van der Waals surface area contributed by atoms with Crippen LogP contribution in [-0.4, -0.2) is 13.2 Å². The normalized spacial score (nSPS) is 12.7. The highest BCUT2D eigenvalue weighted by Crippen LogP contribution is 2.20. The van der Waals surface area contributed by atoms with E-state index in [1.54, 1.807) is 12.1 Å². The van der Waals surface area contributed by atoms with Crippen LogP contribution in [0.2, 0.25) is 0 Å². The number of halogens is 2. The van der Waals surface area contributed by atoms with Gasteiger partial charge in [-0.05, 0) is 24.9 Å². The molecule has 0 aliphatic heterocycles. The van der Waals surface area contributed by atoms with Crippen LogP contribution in [0.4, 0.5) is 8.78 Å². The van der Waals surface area contributed by atoms with Crippen molar-refractivity contribution in [1.82, 2.24) is 5.32 Å². The van der Waals surface area contributed by atoms with Crippen LogP contribution in [-0.2, 0) is 6.54 Å². The van der Waals surface area contributed by atoms with Gasteiger partial charge in [0.2, 0.25) is 0 Å². The molecule has 1 aromatic carbocycles. The number of para-hydroxylation sites is 1. The van der Waals surface area contributed by atoms with Gasteiger partial charge in [0.1, 0.15) is 5.75 Å². The van der Waals surface area contributed by atoms with Crippen LogP contribution in [0.5, 0.6) is 5.75 Å². The lowest BCUT2D eigenvalue weighted by Gasteiger charge is -2.16. The van der Waals surface area contributed by atoms with Crippen molar-refractivity contribution in [2.45, 2.75) is 52.7 Å². The van der Waals surface area contributed by atoms with Gasteiger partial charge in [0.25, 0.3) is 0 Å². The highest BCUT2D eigenvalue weighted by Gasteiger charge is 2.10. The van der Waals surface area contributed by atoms with E-state index in [0.29, 0.717) is 12.5 Å². The summed E-state index contributed by atoms with van der Waals surface area (Å²) in [7, 11) is 0. The Morgan fingerprint density at radius 2 is 1.95 bits per heavy atom. The Labute approximate surface area is 120 Å². The number of hydrogen-bond donors (Lipinski definition) is 1. The lowest BCUT2D eigenvalue weighted by Crippen LogP contribution is -2.22. The van der Waals surface area contributed by atoms with Crippen molar-refractivity contribution in [3.05, 3.63) is 29.8 Å². The van der Waals surface area contributed by atoms with Crippen LogP contribution in [0.15, 0.2) is 24.3 Å². The number of nitrogens with one attached hydrogen (secondary N) is 1. The zero-order chi connectivity index (χ0) is 14.8. The molecule has 0 fully saturated rings. The molecule has 1 N–H and O–H groups in total. The summed E-state index contributed by atoms with van der Waals surface area (Å²) in [5, 5.41) is 3.35. The lowest BCUT2D eigenvalue weighted by molar-refractivity contribution is -0.0505. The Kier molecular flexibility index (Phi) is 8.19. The first-order valence-corrected chi connectivity index (χ1v) is 7.40. The Morgan fingerprint density at radius 1 is 1.20 bits per heavy atom. The topological polar surface area (TPSA) is 21.3 Å². The van der Waals surface area contributed by atoms with Gasteiger partial charge in [-0.3, -0.25) is 0 Å². The van der Waals surface area contributed by atoms with Gasteiger partial charge in [-0.1, -0.05) is 51.3 Å². The fraction of sp³-hybridized carbons (Fsp3) is 0.625. The van der Waals surface area contributed by atoms with E-state index in [1.165, 1.54) is 19.3 Å². The van der Waals surface area contributed by atoms with Crippen LogP contribution in [0.3, 0.4) is 0 Å². The van der Waals surface area contributed by atoms with Crippen LogP contribution >= 0.6 is 0 Å². The first kappa shape index (κ1) is 16.9. The maximum atomic E-state index is 12.3. The van der Waals surface area contributed by atoms with E-state index < -0.39 is 6.61 Å². The molecule has 0 aliphatic carbocycles. The largest absolute Gasteiger partial charge is 0.434 e. The smallest absolute Gasteiger partial charge is 0.387 e. The minimum atomic E-state index is -2.77. The van der Waals surface area contributed by atoms with Crippen molar-refractivity contribution < 1.29 is 13.5 Å². The van der Waals surface area contributed by atoms with Gasteiger partial charge in [0.05, 0.1) is 0 Å². The molecule has 114 valence electrons. The van der Waals surface area contributed by atoms with E-state index in [2.05, 4.69) is 23.9 Å². The van der Waals surface area contributed by atoms with E-state index in [1.807, 2.05) is 12.1 Å². The molecule has 0 heterocycles. The Hall–Kier alpha value is -1.16. The Balaban J connectivity index is 2.44. The highest BCUT2D eigenvalue weighted by molar-refractivity contribution is 5.33. The number of unbranched alkanes of at least 4 members (excludes halogenated alkanes) is 1. The first-order valence-electron chi connectivity index (χ1n) is 7.40. The molecular formula is C16H25F2NO. The second-order valence-electron chi connectivity index (χ2n) is 5.03. The van der Waals surface area contributed by atoms with Crippen LogP contribution < -0.4 is 10.1 Å². The van der Waals surface area contributed by atoms with E-state index in [0.717, 1.165) is 18.5 Å². The minimum absolute atomic E-state index is 0.261. The molecule has 1 atom stereocenters. The summed E-state index contributed by atoms with van der Waals surface area (Å²) in [5.41, 5.74) is 0.776. The molecular weight excluding hydrogens is 260 g/mol. The number of rotatable bonds is 10. The average Bonchev–Trinajstić information content (AvgIpc) is 2.43. The third kappa shape index (κ3) is 6.33. The molecule has 20 heavy (non-hydrogen) atoms. The predicted molar refractivity (Wildman–Crippen MR) is 78.1 cm³/mol. The second kappa shape index (κ2) is 9.70. The van der Waals surface area contributed by atoms with Crippen molar-refractivity contribution in [3.63, 3.8) is 0 Å². The van der Waals surface area contributed by atoms with Gasteiger partial charge in [-0.25, -0.2) is 0 Å². The van der Waals surface area contributed by atoms with Gasteiger partial charge in [0, 0.05) is 12.1 Å². The molecule has 0 amide bonds. The van der Waals surface area contributed by atoms with Gasteiger partial charge in [0.15, 0.2) is 0 Å². The molecule has 1 unspecified atom stereocenters. The standard InChI is InChI=1S/C16H25F2NO/c1-3-5-8-13(4-2)11-19-12-14-9-6-7-10-15(14)20-16(17)18/h6-7,9-10,13,16,19H,3-5,8,11-12H2,1-2H3. The maximum absolute atomic E-state index is 12.3. The van der Waals surface area contributed by atoms with E-state index in [-0.39, 0.29) is 5.75 Å². The first-order chi connectivity index (χ1) is 9.67. The fourth-order valence-corrected chi connectivity index (χ4v) is 2.22. The second-order valence-corrected chi connectivity index (χ2v) is 5.03. The van der Waals surface area contributed by atoms with Gasteiger partial charge >= 0.3 is 6.61 Å². The van der Waals surface area contributed by atoms with E-state index in [4.69, 9.17) is 0 Å². The van der Waals surface area contributed by atoms with Crippen molar-refractivity contribution in [3.8, 4) is 5.75 Å². The highest BCUT2D eigenvalue weighted by atomic mass is 19.3. The molecule has 0 spiro atoms. The molecule has 1 aromatic rings. The van der Waals surface area contributed by atoms with Gasteiger partial charge in [-0.15, -0.1) is 0 Å². The molecule has 0 bridgehead atoms. The van der Waals surface area contributed by atoms with Crippen molar-refractivity contribution >= 4 is 0 Å². The number of ether oxygens (including phenoxy) is 1. The molecule has 0 saturated heterocycles. The Bertz CT molecular complexity index is 371. The minimum Gasteiger partial charge on any atom is -0.434 e. The maximum Gasteiger partial charge on any atom is 0.387 e. The molecule has 2 nitrogen and oxygen atoms in total. The monoisotopic (exact) mass is 285 g/mol. The summed E-state index contributed by atoms with van der Waals surface area (Å²) in [4.78, 5) is 0. The molecule has 0 saturated carbocycles. The van der Waals surface area contributed by atoms with Crippen molar-refractivity contribution in [2.24, 2.45) is 5.92 Å². The Morgan fingerprint density at radius 3 is 2.60 bits per heavy atom. The molecule has 1 rings (SSSR count). The van der Waals surface area contributed by atoms with E-state index in [9.17, 15) is 8.78 Å². The summed E-state index contributed by atoms with van der Waals surface area (Å²) >= 11 is 0. The van der Waals surface area contributed by atoms with Gasteiger partial charge in [-0.2, -0.15) is 8.78 Å².